The van der Waals surface area contributed by atoms with Crippen molar-refractivity contribution in [3.63, 3.8) is 0 Å². The molecule has 4 heteroatoms. The number of carboxylic acids is 1. The van der Waals surface area contributed by atoms with Crippen LogP contribution in [0.4, 0.5) is 5.69 Å². The highest BCUT2D eigenvalue weighted by Crippen LogP contribution is 2.22. The zero-order valence-electron chi connectivity index (χ0n) is 10.8. The van der Waals surface area contributed by atoms with Crippen LogP contribution in [0.25, 0.3) is 0 Å². The number of hydrogen-bond acceptors (Lipinski definition) is 4. The second kappa shape index (κ2) is 5.17. The lowest BCUT2D eigenvalue weighted by atomic mass is 10.1. The van der Waals surface area contributed by atoms with E-state index in [-0.39, 0.29) is 5.56 Å². The van der Waals surface area contributed by atoms with Crippen LogP contribution < -0.4 is 10.5 Å². The van der Waals surface area contributed by atoms with Crippen LogP contribution in [-0.4, -0.2) is 11.7 Å². The minimum absolute atomic E-state index is 0.161. The normalized spacial score (nSPS) is 15.1. The molecule has 4 nitrogen and oxygen atoms in total. The number of nitrogens with one attached hydrogen (secondary N) is 1. The summed E-state index contributed by atoms with van der Waals surface area (Å²) >= 11 is 0. The summed E-state index contributed by atoms with van der Waals surface area (Å²) in [6.07, 6.45) is 1.93. The van der Waals surface area contributed by atoms with Crippen molar-refractivity contribution in [3.8, 4) is 0 Å². The average molecular weight is 265 g/mol. The largest absolute Gasteiger partial charge is 0.545 e. The lowest BCUT2D eigenvalue weighted by Gasteiger charge is -2.05. The van der Waals surface area contributed by atoms with Gasteiger partial charge in [0, 0.05) is 5.56 Å². The van der Waals surface area contributed by atoms with Crippen molar-refractivity contribution in [2.24, 2.45) is 5.10 Å². The van der Waals surface area contributed by atoms with E-state index in [4.69, 9.17) is 0 Å². The van der Waals surface area contributed by atoms with Gasteiger partial charge in [-0.05, 0) is 36.1 Å². The Bertz CT molecular complexity index is 675. The fourth-order valence-electron chi connectivity index (χ4n) is 2.34. The fourth-order valence-corrected chi connectivity index (χ4v) is 2.34. The van der Waals surface area contributed by atoms with Gasteiger partial charge in [0.1, 0.15) is 0 Å². The van der Waals surface area contributed by atoms with E-state index < -0.39 is 5.97 Å². The van der Waals surface area contributed by atoms with Crippen molar-refractivity contribution in [2.45, 2.75) is 12.8 Å². The molecule has 0 atom stereocenters. The molecular formula is C16H13N2O2-. The third-order valence-electron chi connectivity index (χ3n) is 3.40. The SMILES string of the molecule is O=C([O-])c1ccc(N/N=C2/CCc3ccccc32)cc1. The van der Waals surface area contributed by atoms with E-state index in [9.17, 15) is 9.90 Å². The zero-order valence-corrected chi connectivity index (χ0v) is 10.8. The molecule has 0 heterocycles. The summed E-state index contributed by atoms with van der Waals surface area (Å²) < 4.78 is 0. The maximum absolute atomic E-state index is 10.7. The number of anilines is 1. The van der Waals surface area contributed by atoms with E-state index in [2.05, 4.69) is 22.7 Å². The summed E-state index contributed by atoms with van der Waals surface area (Å²) in [5, 5.41) is 15.1. The van der Waals surface area contributed by atoms with Crippen molar-refractivity contribution in [3.05, 3.63) is 65.2 Å². The van der Waals surface area contributed by atoms with Gasteiger partial charge in [0.05, 0.1) is 17.4 Å². The standard InChI is InChI=1S/C16H14N2O2/c19-16(20)12-5-8-13(9-6-12)17-18-15-10-7-11-3-1-2-4-14(11)15/h1-6,8-9,17H,7,10H2,(H,19,20)/p-1/b18-15-. The molecule has 100 valence electrons. The van der Waals surface area contributed by atoms with Crippen molar-refractivity contribution in [2.75, 3.05) is 5.43 Å². The summed E-state index contributed by atoms with van der Waals surface area (Å²) in [4.78, 5) is 10.7. The van der Waals surface area contributed by atoms with Gasteiger partial charge in [-0.15, -0.1) is 0 Å². The number of nitrogens with zero attached hydrogens (tertiary/aromatic N) is 1. The Hall–Kier alpha value is -2.62. The van der Waals surface area contributed by atoms with Crippen LogP contribution in [0.2, 0.25) is 0 Å². The molecule has 0 radical (unpaired) electrons. The molecule has 3 rings (SSSR count). The lowest BCUT2D eigenvalue weighted by Crippen LogP contribution is -2.21. The third-order valence-corrected chi connectivity index (χ3v) is 3.40. The topological polar surface area (TPSA) is 64.5 Å². The van der Waals surface area contributed by atoms with Gasteiger partial charge in [-0.1, -0.05) is 36.4 Å². The van der Waals surface area contributed by atoms with Crippen LogP contribution in [0, 0.1) is 0 Å². The van der Waals surface area contributed by atoms with E-state index in [0.717, 1.165) is 24.2 Å². The van der Waals surface area contributed by atoms with E-state index in [1.807, 2.05) is 12.1 Å². The van der Waals surface area contributed by atoms with Crippen molar-refractivity contribution >= 4 is 17.4 Å². The summed E-state index contributed by atoms with van der Waals surface area (Å²) in [5.41, 5.74) is 7.42. The van der Waals surface area contributed by atoms with Crippen LogP contribution in [0.5, 0.6) is 0 Å². The average Bonchev–Trinajstić information content (AvgIpc) is 2.89. The molecule has 0 amide bonds. The summed E-state index contributed by atoms with van der Waals surface area (Å²) in [7, 11) is 0. The molecule has 0 bridgehead atoms. The number of rotatable bonds is 3. The molecule has 0 aliphatic heterocycles. The first-order valence-corrected chi connectivity index (χ1v) is 6.46. The molecule has 0 aromatic heterocycles. The van der Waals surface area contributed by atoms with E-state index in [1.54, 1.807) is 12.1 Å². The Morgan fingerprint density at radius 2 is 1.80 bits per heavy atom. The molecule has 0 fully saturated rings. The highest BCUT2D eigenvalue weighted by molar-refractivity contribution is 6.04. The summed E-state index contributed by atoms with van der Waals surface area (Å²) in [6, 6.07) is 14.6. The van der Waals surface area contributed by atoms with Gasteiger partial charge in [0.25, 0.3) is 0 Å². The van der Waals surface area contributed by atoms with Gasteiger partial charge >= 0.3 is 0 Å². The Morgan fingerprint density at radius 1 is 1.05 bits per heavy atom. The number of hydrogen-bond donors (Lipinski definition) is 1. The molecule has 2 aromatic carbocycles. The van der Waals surface area contributed by atoms with Crippen LogP contribution in [0.15, 0.2) is 53.6 Å². The molecule has 1 aliphatic rings. The number of carbonyl (C=O) groups excluding carboxylic acids is 1. The maximum atomic E-state index is 10.7. The Kier molecular flexibility index (Phi) is 3.21. The van der Waals surface area contributed by atoms with Crippen molar-refractivity contribution in [1.82, 2.24) is 0 Å². The second-order valence-electron chi connectivity index (χ2n) is 4.69. The molecule has 1 aliphatic carbocycles. The smallest absolute Gasteiger partial charge is 0.0715 e. The van der Waals surface area contributed by atoms with Crippen LogP contribution in [0.1, 0.15) is 27.9 Å². The van der Waals surface area contributed by atoms with E-state index >= 15 is 0 Å². The summed E-state index contributed by atoms with van der Waals surface area (Å²) in [5.74, 6) is -1.17. The fraction of sp³-hybridized carbons (Fsp3) is 0.125. The maximum Gasteiger partial charge on any atom is 0.0715 e. The first-order valence-electron chi connectivity index (χ1n) is 6.46. The van der Waals surface area contributed by atoms with Gasteiger partial charge in [0.15, 0.2) is 0 Å². The second-order valence-corrected chi connectivity index (χ2v) is 4.69. The number of benzene rings is 2. The Balaban J connectivity index is 1.76. The number of aromatic carboxylic acids is 1. The zero-order chi connectivity index (χ0) is 13.9. The number of hydrazone groups is 1. The number of aryl methyl sites for hydroxylation is 1. The Labute approximate surface area is 116 Å². The molecule has 0 spiro atoms. The minimum atomic E-state index is -1.17. The molecule has 0 saturated carbocycles. The number of carbonyl (C=O) groups is 1. The summed E-state index contributed by atoms with van der Waals surface area (Å²) in [6.45, 7) is 0. The van der Waals surface area contributed by atoms with Crippen molar-refractivity contribution in [1.29, 1.82) is 0 Å². The highest BCUT2D eigenvalue weighted by Gasteiger charge is 2.16. The van der Waals surface area contributed by atoms with Crippen LogP contribution >= 0.6 is 0 Å². The van der Waals surface area contributed by atoms with Gasteiger partial charge in [0.2, 0.25) is 0 Å². The van der Waals surface area contributed by atoms with Crippen LogP contribution in [-0.2, 0) is 6.42 Å². The predicted octanol–water partition coefficient (Wildman–Crippen LogP) is 1.81. The number of fused-ring (bicyclic) bond motifs is 1. The first-order chi connectivity index (χ1) is 9.74. The first kappa shape index (κ1) is 12.4. The van der Waals surface area contributed by atoms with E-state index in [1.165, 1.54) is 23.3 Å². The van der Waals surface area contributed by atoms with Crippen LogP contribution in [0.3, 0.4) is 0 Å². The van der Waals surface area contributed by atoms with Gasteiger partial charge in [-0.25, -0.2) is 0 Å². The molecular weight excluding hydrogens is 252 g/mol. The van der Waals surface area contributed by atoms with Gasteiger partial charge < -0.3 is 9.90 Å². The van der Waals surface area contributed by atoms with Gasteiger partial charge in [-0.2, -0.15) is 5.10 Å². The number of carboxylic acid groups (broad SMARTS) is 1. The highest BCUT2D eigenvalue weighted by atomic mass is 16.4. The van der Waals surface area contributed by atoms with Crippen molar-refractivity contribution < 1.29 is 9.90 Å². The van der Waals surface area contributed by atoms with Gasteiger partial charge in [-0.3, -0.25) is 5.43 Å². The molecule has 20 heavy (non-hydrogen) atoms. The third kappa shape index (κ3) is 2.40. The minimum Gasteiger partial charge on any atom is -0.545 e. The molecule has 1 N–H and O–H groups in total. The quantitative estimate of drug-likeness (QED) is 0.861. The Morgan fingerprint density at radius 3 is 2.55 bits per heavy atom. The lowest BCUT2D eigenvalue weighted by molar-refractivity contribution is -0.255. The van der Waals surface area contributed by atoms with E-state index in [0.29, 0.717) is 0 Å². The molecule has 2 aromatic rings. The predicted molar refractivity (Wildman–Crippen MR) is 75.7 cm³/mol. The molecule has 0 saturated heterocycles. The monoisotopic (exact) mass is 265 g/mol. The molecule has 0 unspecified atom stereocenters.